The van der Waals surface area contributed by atoms with Crippen LogP contribution in [0.25, 0.3) is 0 Å². The summed E-state index contributed by atoms with van der Waals surface area (Å²) in [6, 6.07) is 0. The van der Waals surface area contributed by atoms with Crippen LogP contribution in [0.2, 0.25) is 0 Å². The topological polar surface area (TPSA) is 56.3 Å². The molecule has 0 saturated carbocycles. The van der Waals surface area contributed by atoms with E-state index in [1.165, 1.54) is 0 Å². The van der Waals surface area contributed by atoms with Gasteiger partial charge in [0.2, 0.25) is 5.88 Å². The Morgan fingerprint density at radius 2 is 2.22 bits per heavy atom. The van der Waals surface area contributed by atoms with Crippen molar-refractivity contribution in [2.45, 2.75) is 26.8 Å². The zero-order valence-corrected chi connectivity index (χ0v) is 11.1. The lowest BCUT2D eigenvalue weighted by atomic mass is 10.1. The van der Waals surface area contributed by atoms with Gasteiger partial charge in [0.15, 0.2) is 0 Å². The first-order valence-electron chi connectivity index (χ1n) is 6.51. The Kier molecular flexibility index (Phi) is 4.90. The third kappa shape index (κ3) is 3.65. The van der Waals surface area contributed by atoms with E-state index in [4.69, 9.17) is 9.47 Å². The van der Waals surface area contributed by atoms with E-state index in [0.717, 1.165) is 37.4 Å². The van der Waals surface area contributed by atoms with E-state index >= 15 is 0 Å². The van der Waals surface area contributed by atoms with E-state index in [1.807, 2.05) is 0 Å². The highest BCUT2D eigenvalue weighted by Crippen LogP contribution is 2.20. The highest BCUT2D eigenvalue weighted by molar-refractivity contribution is 5.31. The third-order valence-corrected chi connectivity index (χ3v) is 2.75. The molecule has 1 N–H and O–H groups in total. The Morgan fingerprint density at radius 3 is 3.06 bits per heavy atom. The molecule has 1 aliphatic rings. The molecule has 5 nitrogen and oxygen atoms in total. The molecule has 5 heteroatoms. The van der Waals surface area contributed by atoms with Crippen LogP contribution in [0.3, 0.4) is 0 Å². The third-order valence-electron chi connectivity index (χ3n) is 2.75. The van der Waals surface area contributed by atoms with Gasteiger partial charge in [-0.3, -0.25) is 0 Å². The molecule has 18 heavy (non-hydrogen) atoms. The summed E-state index contributed by atoms with van der Waals surface area (Å²) in [5.74, 6) is 1.25. The molecule has 0 atom stereocenters. The van der Waals surface area contributed by atoms with Crippen LogP contribution in [0.5, 0.6) is 5.88 Å². The number of aromatic nitrogens is 2. The van der Waals surface area contributed by atoms with Crippen molar-refractivity contribution in [3.8, 4) is 5.88 Å². The normalized spacial score (nSPS) is 14.6. The maximum absolute atomic E-state index is 5.67. The molecule has 0 saturated heterocycles. The van der Waals surface area contributed by atoms with E-state index < -0.39 is 0 Å². The van der Waals surface area contributed by atoms with Crippen molar-refractivity contribution in [3.63, 3.8) is 0 Å². The van der Waals surface area contributed by atoms with E-state index in [0.29, 0.717) is 25.0 Å². The smallest absolute Gasteiger partial charge is 0.221 e. The van der Waals surface area contributed by atoms with Gasteiger partial charge < -0.3 is 14.8 Å². The number of hydrogen-bond donors (Lipinski definition) is 1. The van der Waals surface area contributed by atoms with Crippen molar-refractivity contribution in [1.29, 1.82) is 0 Å². The van der Waals surface area contributed by atoms with Gasteiger partial charge >= 0.3 is 0 Å². The van der Waals surface area contributed by atoms with Crippen LogP contribution in [0, 0.1) is 5.92 Å². The van der Waals surface area contributed by atoms with Gasteiger partial charge in [-0.2, -0.15) is 0 Å². The second-order valence-electron chi connectivity index (χ2n) is 4.85. The van der Waals surface area contributed by atoms with Crippen LogP contribution in [0.15, 0.2) is 6.33 Å². The zero-order valence-electron chi connectivity index (χ0n) is 11.1. The molecule has 0 radical (unpaired) electrons. The van der Waals surface area contributed by atoms with Crippen LogP contribution in [0.1, 0.15) is 25.1 Å². The predicted octanol–water partition coefficient (Wildman–Crippen LogP) is 1.17. The summed E-state index contributed by atoms with van der Waals surface area (Å²) in [6.45, 7) is 7.94. The monoisotopic (exact) mass is 251 g/mol. The van der Waals surface area contributed by atoms with Crippen molar-refractivity contribution in [1.82, 2.24) is 15.3 Å². The first-order chi connectivity index (χ1) is 8.77. The molecular weight excluding hydrogens is 230 g/mol. The Morgan fingerprint density at radius 1 is 1.33 bits per heavy atom. The van der Waals surface area contributed by atoms with Crippen LogP contribution in [-0.4, -0.2) is 36.3 Å². The Balaban J connectivity index is 1.82. The van der Waals surface area contributed by atoms with E-state index in [9.17, 15) is 0 Å². The van der Waals surface area contributed by atoms with Gasteiger partial charge in [0.25, 0.3) is 0 Å². The summed E-state index contributed by atoms with van der Waals surface area (Å²) < 4.78 is 11.1. The maximum Gasteiger partial charge on any atom is 0.221 e. The van der Waals surface area contributed by atoms with Crippen LogP contribution in [-0.2, 0) is 17.7 Å². The minimum absolute atomic E-state index is 0.538. The SMILES string of the molecule is CC(C)COCCOc1ncnc2c1CNCC2. The van der Waals surface area contributed by atoms with Crippen molar-refractivity contribution < 1.29 is 9.47 Å². The lowest BCUT2D eigenvalue weighted by Crippen LogP contribution is -2.26. The van der Waals surface area contributed by atoms with Crippen molar-refractivity contribution in [2.75, 3.05) is 26.4 Å². The molecule has 1 aromatic heterocycles. The van der Waals surface area contributed by atoms with Gasteiger partial charge in [0, 0.05) is 31.7 Å². The second-order valence-corrected chi connectivity index (χ2v) is 4.85. The number of rotatable bonds is 6. The largest absolute Gasteiger partial charge is 0.475 e. The lowest BCUT2D eigenvalue weighted by Gasteiger charge is -2.18. The number of nitrogens with one attached hydrogen (secondary N) is 1. The summed E-state index contributed by atoms with van der Waals surface area (Å²) in [5, 5.41) is 3.31. The maximum atomic E-state index is 5.67. The Bertz CT molecular complexity index is 382. The highest BCUT2D eigenvalue weighted by Gasteiger charge is 2.15. The molecule has 0 aliphatic carbocycles. The van der Waals surface area contributed by atoms with Gasteiger partial charge in [-0.15, -0.1) is 0 Å². The molecule has 1 aromatic rings. The minimum atomic E-state index is 0.538. The van der Waals surface area contributed by atoms with Crippen LogP contribution < -0.4 is 10.1 Å². The van der Waals surface area contributed by atoms with Crippen molar-refractivity contribution in [3.05, 3.63) is 17.6 Å². The molecule has 1 aliphatic heterocycles. The molecule has 2 rings (SSSR count). The number of hydrogen-bond acceptors (Lipinski definition) is 5. The molecule has 0 aromatic carbocycles. The highest BCUT2D eigenvalue weighted by atomic mass is 16.5. The summed E-state index contributed by atoms with van der Waals surface area (Å²) >= 11 is 0. The summed E-state index contributed by atoms with van der Waals surface area (Å²) in [5.41, 5.74) is 2.19. The number of fused-ring (bicyclic) bond motifs is 1. The average Bonchev–Trinajstić information content (AvgIpc) is 2.38. The quantitative estimate of drug-likeness (QED) is 0.769. The summed E-state index contributed by atoms with van der Waals surface area (Å²) in [6.07, 6.45) is 2.52. The van der Waals surface area contributed by atoms with Crippen molar-refractivity contribution in [2.24, 2.45) is 5.92 Å². The fourth-order valence-corrected chi connectivity index (χ4v) is 1.88. The molecule has 0 fully saturated rings. The lowest BCUT2D eigenvalue weighted by molar-refractivity contribution is 0.0801. The first kappa shape index (κ1) is 13.2. The molecule has 100 valence electrons. The predicted molar refractivity (Wildman–Crippen MR) is 68.6 cm³/mol. The Labute approximate surface area is 108 Å². The van der Waals surface area contributed by atoms with E-state index in [2.05, 4.69) is 29.1 Å². The fraction of sp³-hybridized carbons (Fsp3) is 0.692. The summed E-state index contributed by atoms with van der Waals surface area (Å²) in [7, 11) is 0. The van der Waals surface area contributed by atoms with Gasteiger partial charge in [-0.25, -0.2) is 9.97 Å². The fourth-order valence-electron chi connectivity index (χ4n) is 1.88. The molecule has 0 spiro atoms. The van der Waals surface area contributed by atoms with Crippen molar-refractivity contribution >= 4 is 0 Å². The first-order valence-corrected chi connectivity index (χ1v) is 6.51. The Hall–Kier alpha value is -1.20. The second kappa shape index (κ2) is 6.66. The standard InChI is InChI=1S/C13H21N3O2/c1-10(2)8-17-5-6-18-13-11-7-14-4-3-12(11)15-9-16-13/h9-10,14H,3-8H2,1-2H3. The van der Waals surface area contributed by atoms with E-state index in [-0.39, 0.29) is 0 Å². The molecular formula is C13H21N3O2. The van der Waals surface area contributed by atoms with Gasteiger partial charge in [-0.1, -0.05) is 13.8 Å². The van der Waals surface area contributed by atoms with Gasteiger partial charge in [-0.05, 0) is 5.92 Å². The van der Waals surface area contributed by atoms with Gasteiger partial charge in [0.05, 0.1) is 12.3 Å². The minimum Gasteiger partial charge on any atom is -0.475 e. The molecule has 0 amide bonds. The van der Waals surface area contributed by atoms with Crippen LogP contribution >= 0.6 is 0 Å². The molecule has 0 unspecified atom stereocenters. The van der Waals surface area contributed by atoms with Crippen LogP contribution in [0.4, 0.5) is 0 Å². The number of ether oxygens (including phenoxy) is 2. The molecule has 2 heterocycles. The average molecular weight is 251 g/mol. The summed E-state index contributed by atoms with van der Waals surface area (Å²) in [4.78, 5) is 8.48. The zero-order chi connectivity index (χ0) is 12.8. The van der Waals surface area contributed by atoms with Gasteiger partial charge in [0.1, 0.15) is 12.9 Å². The number of nitrogens with zero attached hydrogens (tertiary/aromatic N) is 2. The van der Waals surface area contributed by atoms with E-state index in [1.54, 1.807) is 6.33 Å². The molecule has 0 bridgehead atoms.